The van der Waals surface area contributed by atoms with Crippen LogP contribution in [0.5, 0.6) is 0 Å². The number of fused-ring (bicyclic) bond motifs is 1. The molecule has 1 atom stereocenters. The van der Waals surface area contributed by atoms with Crippen LogP contribution in [0.3, 0.4) is 0 Å². The van der Waals surface area contributed by atoms with Crippen LogP contribution in [0.25, 0.3) is 10.9 Å². The zero-order chi connectivity index (χ0) is 11.8. The second kappa shape index (κ2) is 4.33. The van der Waals surface area contributed by atoms with Crippen molar-refractivity contribution in [3.63, 3.8) is 0 Å². The van der Waals surface area contributed by atoms with Gasteiger partial charge in [0, 0.05) is 42.8 Å². The van der Waals surface area contributed by atoms with Gasteiger partial charge in [-0.15, -0.1) is 0 Å². The van der Waals surface area contributed by atoms with E-state index >= 15 is 0 Å². The molecule has 17 heavy (non-hydrogen) atoms. The van der Waals surface area contributed by atoms with Gasteiger partial charge in [-0.1, -0.05) is 17.7 Å². The predicted molar refractivity (Wildman–Crippen MR) is 69.5 cm³/mol. The highest BCUT2D eigenvalue weighted by Gasteiger charge is 2.19. The Labute approximate surface area is 105 Å². The van der Waals surface area contributed by atoms with Crippen LogP contribution in [0.2, 0.25) is 5.02 Å². The summed E-state index contributed by atoms with van der Waals surface area (Å²) in [6, 6.07) is 6.23. The Balaban J connectivity index is 2.07. The second-order valence-corrected chi connectivity index (χ2v) is 4.77. The molecule has 1 saturated heterocycles. The van der Waals surface area contributed by atoms with Gasteiger partial charge in [0.25, 0.3) is 0 Å². The Hall–Kier alpha value is -1.03. The Morgan fingerprint density at radius 1 is 1.41 bits per heavy atom. The molecule has 3 nitrogen and oxygen atoms in total. The summed E-state index contributed by atoms with van der Waals surface area (Å²) >= 11 is 6.47. The van der Waals surface area contributed by atoms with Crippen LogP contribution >= 0.6 is 11.6 Å². The predicted octanol–water partition coefficient (Wildman–Crippen LogP) is 2.49. The number of ether oxygens (including phenoxy) is 1. The number of aryl methyl sites for hydroxylation is 1. The molecule has 1 unspecified atom stereocenters. The van der Waals surface area contributed by atoms with Crippen molar-refractivity contribution in [1.29, 1.82) is 0 Å². The summed E-state index contributed by atoms with van der Waals surface area (Å²) in [5, 5.41) is 5.24. The van der Waals surface area contributed by atoms with Gasteiger partial charge in [0.2, 0.25) is 0 Å². The molecule has 0 radical (unpaired) electrons. The van der Waals surface area contributed by atoms with Crippen molar-refractivity contribution in [3.05, 3.63) is 35.0 Å². The van der Waals surface area contributed by atoms with Crippen LogP contribution < -0.4 is 5.32 Å². The number of halogens is 1. The highest BCUT2D eigenvalue weighted by molar-refractivity contribution is 6.36. The Morgan fingerprint density at radius 2 is 2.29 bits per heavy atom. The monoisotopic (exact) mass is 250 g/mol. The average Bonchev–Trinajstić information content (AvgIpc) is 2.74. The van der Waals surface area contributed by atoms with Gasteiger partial charge in [0.15, 0.2) is 0 Å². The standard InChI is InChI=1S/C13H15ClN2O/c1-16-6-4-9-11(16)3-2-10(13(9)14)12-8-15-5-7-17-12/h2-4,6,12,15H,5,7-8H2,1H3. The molecule has 2 heterocycles. The van der Waals surface area contributed by atoms with E-state index in [9.17, 15) is 0 Å². The van der Waals surface area contributed by atoms with Crippen molar-refractivity contribution in [2.75, 3.05) is 19.7 Å². The van der Waals surface area contributed by atoms with Gasteiger partial charge in [0.05, 0.1) is 17.7 Å². The first kappa shape index (κ1) is 11.1. The van der Waals surface area contributed by atoms with Gasteiger partial charge in [-0.3, -0.25) is 0 Å². The Kier molecular flexibility index (Phi) is 2.82. The van der Waals surface area contributed by atoms with Gasteiger partial charge >= 0.3 is 0 Å². The number of nitrogens with zero attached hydrogens (tertiary/aromatic N) is 1. The van der Waals surface area contributed by atoms with E-state index < -0.39 is 0 Å². The lowest BCUT2D eigenvalue weighted by atomic mass is 10.1. The number of aromatic nitrogens is 1. The SMILES string of the molecule is Cn1ccc2c(Cl)c(C3CNCCO3)ccc21. The van der Waals surface area contributed by atoms with E-state index in [0.29, 0.717) is 0 Å². The highest BCUT2D eigenvalue weighted by atomic mass is 35.5. The van der Waals surface area contributed by atoms with Crippen LogP contribution in [0.4, 0.5) is 0 Å². The summed E-state index contributed by atoms with van der Waals surface area (Å²) < 4.78 is 7.82. The minimum atomic E-state index is 0.0702. The number of hydrogen-bond donors (Lipinski definition) is 1. The van der Waals surface area contributed by atoms with E-state index in [1.54, 1.807) is 0 Å². The summed E-state index contributed by atoms with van der Waals surface area (Å²) in [6.07, 6.45) is 2.10. The molecule has 0 saturated carbocycles. The molecular weight excluding hydrogens is 236 g/mol. The molecule has 0 spiro atoms. The molecule has 0 bridgehead atoms. The molecule has 1 aliphatic heterocycles. The average molecular weight is 251 g/mol. The van der Waals surface area contributed by atoms with Crippen molar-refractivity contribution in [1.82, 2.24) is 9.88 Å². The molecule has 1 aliphatic rings. The van der Waals surface area contributed by atoms with E-state index in [0.717, 1.165) is 41.2 Å². The third kappa shape index (κ3) is 1.84. The molecule has 0 amide bonds. The molecule has 1 fully saturated rings. The molecule has 1 N–H and O–H groups in total. The van der Waals surface area contributed by atoms with Gasteiger partial charge in [-0.2, -0.15) is 0 Å². The lowest BCUT2D eigenvalue weighted by Gasteiger charge is -2.25. The first-order valence-electron chi connectivity index (χ1n) is 5.83. The van der Waals surface area contributed by atoms with Crippen LogP contribution in [0.15, 0.2) is 24.4 Å². The largest absolute Gasteiger partial charge is 0.371 e. The van der Waals surface area contributed by atoms with Crippen LogP contribution in [-0.4, -0.2) is 24.3 Å². The number of hydrogen-bond acceptors (Lipinski definition) is 2. The minimum absolute atomic E-state index is 0.0702. The van der Waals surface area contributed by atoms with Crippen LogP contribution in [-0.2, 0) is 11.8 Å². The van der Waals surface area contributed by atoms with E-state index in [-0.39, 0.29) is 6.10 Å². The van der Waals surface area contributed by atoms with Crippen LogP contribution in [0.1, 0.15) is 11.7 Å². The summed E-state index contributed by atoms with van der Waals surface area (Å²) in [5.74, 6) is 0. The maximum Gasteiger partial charge on any atom is 0.0964 e. The van der Waals surface area contributed by atoms with E-state index in [4.69, 9.17) is 16.3 Å². The molecule has 2 aromatic rings. The van der Waals surface area contributed by atoms with Gasteiger partial charge < -0.3 is 14.6 Å². The maximum atomic E-state index is 6.47. The Bertz CT molecular complexity index is 544. The minimum Gasteiger partial charge on any atom is -0.371 e. The van der Waals surface area contributed by atoms with Crippen LogP contribution in [0, 0.1) is 0 Å². The second-order valence-electron chi connectivity index (χ2n) is 4.39. The number of rotatable bonds is 1. The lowest BCUT2D eigenvalue weighted by Crippen LogP contribution is -2.33. The van der Waals surface area contributed by atoms with Crippen molar-refractivity contribution < 1.29 is 4.74 Å². The van der Waals surface area contributed by atoms with E-state index in [2.05, 4.69) is 28.1 Å². The molecule has 1 aromatic carbocycles. The summed E-state index contributed by atoms with van der Waals surface area (Å²) in [6.45, 7) is 2.49. The quantitative estimate of drug-likeness (QED) is 0.842. The summed E-state index contributed by atoms with van der Waals surface area (Å²) in [5.41, 5.74) is 2.24. The van der Waals surface area contributed by atoms with E-state index in [1.165, 1.54) is 0 Å². The first-order valence-corrected chi connectivity index (χ1v) is 6.21. The third-order valence-corrected chi connectivity index (χ3v) is 3.73. The fourth-order valence-corrected chi connectivity index (χ4v) is 2.69. The number of nitrogens with one attached hydrogen (secondary N) is 1. The fraction of sp³-hybridized carbons (Fsp3) is 0.385. The molecule has 90 valence electrons. The first-order chi connectivity index (χ1) is 8.27. The van der Waals surface area contributed by atoms with Crippen molar-refractivity contribution in [2.45, 2.75) is 6.10 Å². The fourth-order valence-electron chi connectivity index (χ4n) is 2.35. The van der Waals surface area contributed by atoms with E-state index in [1.807, 2.05) is 13.2 Å². The molecule has 0 aliphatic carbocycles. The number of benzene rings is 1. The van der Waals surface area contributed by atoms with Gasteiger partial charge in [0.1, 0.15) is 0 Å². The summed E-state index contributed by atoms with van der Waals surface area (Å²) in [7, 11) is 2.02. The van der Waals surface area contributed by atoms with Crippen molar-refractivity contribution in [3.8, 4) is 0 Å². The van der Waals surface area contributed by atoms with Gasteiger partial charge in [-0.25, -0.2) is 0 Å². The summed E-state index contributed by atoms with van der Waals surface area (Å²) in [4.78, 5) is 0. The Morgan fingerprint density at radius 3 is 3.06 bits per heavy atom. The molecular formula is C13H15ClN2O. The van der Waals surface area contributed by atoms with Crippen molar-refractivity contribution in [2.24, 2.45) is 7.05 Å². The molecule has 4 heteroatoms. The zero-order valence-corrected chi connectivity index (χ0v) is 10.5. The zero-order valence-electron chi connectivity index (χ0n) is 9.74. The topological polar surface area (TPSA) is 26.2 Å². The maximum absolute atomic E-state index is 6.47. The molecule has 1 aromatic heterocycles. The normalized spacial score (nSPS) is 20.9. The van der Waals surface area contributed by atoms with Crippen molar-refractivity contribution >= 4 is 22.5 Å². The lowest BCUT2D eigenvalue weighted by molar-refractivity contribution is 0.0278. The smallest absolute Gasteiger partial charge is 0.0964 e. The van der Waals surface area contributed by atoms with Gasteiger partial charge in [-0.05, 0) is 12.1 Å². The highest BCUT2D eigenvalue weighted by Crippen LogP contribution is 2.33. The third-order valence-electron chi connectivity index (χ3n) is 3.31. The molecule has 3 rings (SSSR count). The number of morpholine rings is 1.